The number of hydrogen-bond donors (Lipinski definition) is 2. The highest BCUT2D eigenvalue weighted by Crippen LogP contribution is 2.35. The predicted octanol–water partition coefficient (Wildman–Crippen LogP) is 1.92. The van der Waals surface area contributed by atoms with E-state index in [0.717, 1.165) is 5.56 Å². The second kappa shape index (κ2) is 8.54. The van der Waals surface area contributed by atoms with Crippen LogP contribution in [0.1, 0.15) is 12.5 Å². The fourth-order valence-corrected chi connectivity index (χ4v) is 2.03. The third kappa shape index (κ3) is 4.95. The summed E-state index contributed by atoms with van der Waals surface area (Å²) in [6, 6.07) is 3.41. The van der Waals surface area contributed by atoms with Crippen LogP contribution in [0, 0.1) is 0 Å². The maximum Gasteiger partial charge on any atom is 0.261 e. The predicted molar refractivity (Wildman–Crippen MR) is 84.1 cm³/mol. The second-order valence-electron chi connectivity index (χ2n) is 4.43. The Kier molecular flexibility index (Phi) is 7.05. The lowest BCUT2D eigenvalue weighted by Gasteiger charge is -2.19. The molecule has 21 heavy (non-hydrogen) atoms. The SMILES string of the molecule is C=CCNC(=O)C(C)Oc1c(CCN)cc(Cl)cc1OC. The van der Waals surface area contributed by atoms with E-state index in [1.54, 1.807) is 25.1 Å². The first-order valence-electron chi connectivity index (χ1n) is 6.65. The van der Waals surface area contributed by atoms with Crippen LogP contribution in [-0.4, -0.2) is 32.2 Å². The average molecular weight is 313 g/mol. The summed E-state index contributed by atoms with van der Waals surface area (Å²) in [5.41, 5.74) is 6.41. The van der Waals surface area contributed by atoms with Crippen LogP contribution in [-0.2, 0) is 11.2 Å². The molecule has 0 aliphatic rings. The Labute approximate surface area is 130 Å². The maximum atomic E-state index is 11.9. The van der Waals surface area contributed by atoms with Crippen LogP contribution in [0.25, 0.3) is 0 Å². The lowest BCUT2D eigenvalue weighted by Crippen LogP contribution is -2.36. The highest BCUT2D eigenvalue weighted by atomic mass is 35.5. The normalized spacial score (nSPS) is 11.6. The molecule has 0 aliphatic heterocycles. The molecule has 3 N–H and O–H groups in total. The van der Waals surface area contributed by atoms with E-state index in [1.807, 2.05) is 0 Å². The van der Waals surface area contributed by atoms with Crippen LogP contribution in [0.2, 0.25) is 5.02 Å². The van der Waals surface area contributed by atoms with Crippen molar-refractivity contribution in [2.24, 2.45) is 5.73 Å². The summed E-state index contributed by atoms with van der Waals surface area (Å²) in [4.78, 5) is 11.9. The zero-order valence-corrected chi connectivity index (χ0v) is 13.1. The highest BCUT2D eigenvalue weighted by molar-refractivity contribution is 6.30. The molecule has 0 aromatic heterocycles. The van der Waals surface area contributed by atoms with Crippen molar-refractivity contribution in [2.75, 3.05) is 20.2 Å². The summed E-state index contributed by atoms with van der Waals surface area (Å²) in [5, 5.41) is 3.21. The Morgan fingerprint density at radius 1 is 1.57 bits per heavy atom. The van der Waals surface area contributed by atoms with Crippen LogP contribution in [0.5, 0.6) is 11.5 Å². The lowest BCUT2D eigenvalue weighted by molar-refractivity contribution is -0.127. The van der Waals surface area contributed by atoms with Gasteiger partial charge in [-0.3, -0.25) is 4.79 Å². The molecule has 0 radical (unpaired) electrons. The molecule has 0 spiro atoms. The van der Waals surface area contributed by atoms with E-state index >= 15 is 0 Å². The summed E-state index contributed by atoms with van der Waals surface area (Å²) in [6.07, 6.45) is 1.51. The molecule has 0 heterocycles. The third-order valence-electron chi connectivity index (χ3n) is 2.81. The average Bonchev–Trinajstić information content (AvgIpc) is 2.47. The van der Waals surface area contributed by atoms with Crippen molar-refractivity contribution in [2.45, 2.75) is 19.4 Å². The largest absolute Gasteiger partial charge is 0.493 e. The molecule has 1 aromatic rings. The molecule has 0 saturated heterocycles. The van der Waals surface area contributed by atoms with Crippen molar-refractivity contribution in [1.82, 2.24) is 5.32 Å². The number of nitrogens with one attached hydrogen (secondary N) is 1. The van der Waals surface area contributed by atoms with E-state index in [2.05, 4.69) is 11.9 Å². The van der Waals surface area contributed by atoms with Gasteiger partial charge in [-0.2, -0.15) is 0 Å². The van der Waals surface area contributed by atoms with Gasteiger partial charge in [0, 0.05) is 23.2 Å². The van der Waals surface area contributed by atoms with Gasteiger partial charge < -0.3 is 20.5 Å². The second-order valence-corrected chi connectivity index (χ2v) is 4.87. The molecule has 0 fully saturated rings. The molecule has 0 saturated carbocycles. The third-order valence-corrected chi connectivity index (χ3v) is 3.03. The molecule has 0 bridgehead atoms. The minimum Gasteiger partial charge on any atom is -0.493 e. The molecule has 1 unspecified atom stereocenters. The molecule has 0 aliphatic carbocycles. The number of ether oxygens (including phenoxy) is 2. The van der Waals surface area contributed by atoms with E-state index in [9.17, 15) is 4.79 Å². The molecule has 1 rings (SSSR count). The zero-order chi connectivity index (χ0) is 15.8. The van der Waals surface area contributed by atoms with E-state index in [-0.39, 0.29) is 5.91 Å². The van der Waals surface area contributed by atoms with Crippen LogP contribution in [0.3, 0.4) is 0 Å². The smallest absolute Gasteiger partial charge is 0.261 e. The number of nitrogens with two attached hydrogens (primary N) is 1. The molecule has 6 heteroatoms. The van der Waals surface area contributed by atoms with Crippen molar-refractivity contribution >= 4 is 17.5 Å². The van der Waals surface area contributed by atoms with Crippen molar-refractivity contribution < 1.29 is 14.3 Å². The van der Waals surface area contributed by atoms with Gasteiger partial charge in [0.1, 0.15) is 0 Å². The Morgan fingerprint density at radius 2 is 2.29 bits per heavy atom. The first-order chi connectivity index (χ1) is 10.0. The molecule has 1 atom stereocenters. The fourth-order valence-electron chi connectivity index (χ4n) is 1.80. The number of carbonyl (C=O) groups excluding carboxylic acids is 1. The number of hydrogen-bond acceptors (Lipinski definition) is 4. The fraction of sp³-hybridized carbons (Fsp3) is 0.400. The highest BCUT2D eigenvalue weighted by Gasteiger charge is 2.19. The van der Waals surface area contributed by atoms with Gasteiger partial charge >= 0.3 is 0 Å². The summed E-state index contributed by atoms with van der Waals surface area (Å²) in [7, 11) is 1.52. The van der Waals surface area contributed by atoms with Gasteiger partial charge in [-0.15, -0.1) is 6.58 Å². The zero-order valence-electron chi connectivity index (χ0n) is 12.3. The monoisotopic (exact) mass is 312 g/mol. The van der Waals surface area contributed by atoms with Crippen LogP contribution in [0.15, 0.2) is 24.8 Å². The summed E-state index contributed by atoms with van der Waals surface area (Å²) in [5.74, 6) is 0.744. The quantitative estimate of drug-likeness (QED) is 0.719. The molecular weight excluding hydrogens is 292 g/mol. The van der Waals surface area contributed by atoms with Crippen molar-refractivity contribution in [1.29, 1.82) is 0 Å². The summed E-state index contributed by atoms with van der Waals surface area (Å²) >= 11 is 6.04. The van der Waals surface area contributed by atoms with E-state index in [0.29, 0.717) is 36.0 Å². The molecule has 1 aromatic carbocycles. The Balaban J connectivity index is 2.99. The van der Waals surface area contributed by atoms with Gasteiger partial charge in [-0.1, -0.05) is 17.7 Å². The van der Waals surface area contributed by atoms with E-state index in [1.165, 1.54) is 7.11 Å². The number of halogens is 1. The number of amides is 1. The van der Waals surface area contributed by atoms with Gasteiger partial charge in [-0.05, 0) is 26.0 Å². The molecule has 1 amide bonds. The molecular formula is C15H21ClN2O3. The molecule has 116 valence electrons. The first-order valence-corrected chi connectivity index (χ1v) is 7.03. The topological polar surface area (TPSA) is 73.6 Å². The maximum absolute atomic E-state index is 11.9. The minimum absolute atomic E-state index is 0.231. The van der Waals surface area contributed by atoms with Crippen LogP contribution < -0.4 is 20.5 Å². The van der Waals surface area contributed by atoms with Gasteiger partial charge in [0.2, 0.25) is 0 Å². The van der Waals surface area contributed by atoms with Crippen LogP contribution >= 0.6 is 11.6 Å². The number of rotatable bonds is 8. The number of benzene rings is 1. The number of methoxy groups -OCH3 is 1. The molecule has 5 nitrogen and oxygen atoms in total. The standard InChI is InChI=1S/C15H21ClN2O3/c1-4-7-18-15(19)10(2)21-14-11(5-6-17)8-12(16)9-13(14)20-3/h4,8-10H,1,5-7,17H2,2-3H3,(H,18,19). The Morgan fingerprint density at radius 3 is 2.86 bits per heavy atom. The van der Waals surface area contributed by atoms with Crippen LogP contribution in [0.4, 0.5) is 0 Å². The summed E-state index contributed by atoms with van der Waals surface area (Å²) < 4.78 is 11.0. The van der Waals surface area contributed by atoms with Gasteiger partial charge in [0.25, 0.3) is 5.91 Å². The first kappa shape index (κ1) is 17.3. The lowest BCUT2D eigenvalue weighted by atomic mass is 10.1. The Bertz CT molecular complexity index is 506. The van der Waals surface area contributed by atoms with Gasteiger partial charge in [-0.25, -0.2) is 0 Å². The number of carbonyl (C=O) groups is 1. The van der Waals surface area contributed by atoms with E-state index in [4.69, 9.17) is 26.8 Å². The van der Waals surface area contributed by atoms with Crippen molar-refractivity contribution in [3.63, 3.8) is 0 Å². The Hall–Kier alpha value is -1.72. The van der Waals surface area contributed by atoms with Gasteiger partial charge in [0.05, 0.1) is 7.11 Å². The van der Waals surface area contributed by atoms with Crippen molar-refractivity contribution in [3.05, 3.63) is 35.4 Å². The van der Waals surface area contributed by atoms with Crippen molar-refractivity contribution in [3.8, 4) is 11.5 Å². The minimum atomic E-state index is -0.670. The summed E-state index contributed by atoms with van der Waals surface area (Å²) in [6.45, 7) is 6.04. The van der Waals surface area contributed by atoms with Gasteiger partial charge in [0.15, 0.2) is 17.6 Å². The van der Waals surface area contributed by atoms with E-state index < -0.39 is 6.10 Å².